The van der Waals surface area contributed by atoms with Crippen molar-refractivity contribution in [1.82, 2.24) is 14.5 Å². The summed E-state index contributed by atoms with van der Waals surface area (Å²) < 4.78 is 18.8. The minimum atomic E-state index is -0.391. The molecule has 0 N–H and O–H groups in total. The fraction of sp³-hybridized carbons (Fsp3) is 0.138. The zero-order valence-corrected chi connectivity index (χ0v) is 19.7. The summed E-state index contributed by atoms with van der Waals surface area (Å²) in [6.45, 7) is 0.744. The van der Waals surface area contributed by atoms with E-state index in [4.69, 9.17) is 18.6 Å². The summed E-state index contributed by atoms with van der Waals surface area (Å²) in [6, 6.07) is 25.3. The maximum atomic E-state index is 12.1. The van der Waals surface area contributed by atoms with Crippen LogP contribution in [0.25, 0.3) is 45.2 Å². The third kappa shape index (κ3) is 3.94. The van der Waals surface area contributed by atoms with Gasteiger partial charge < -0.3 is 18.1 Å². The number of carbonyl (C=O) groups is 1. The Morgan fingerprint density at radius 2 is 1.83 bits per heavy atom. The molecule has 0 spiro atoms. The number of esters is 1. The van der Waals surface area contributed by atoms with Gasteiger partial charge in [-0.15, -0.1) is 0 Å². The largest absolute Gasteiger partial charge is 0.465 e. The average molecular weight is 478 g/mol. The van der Waals surface area contributed by atoms with Gasteiger partial charge in [-0.2, -0.15) is 0 Å². The van der Waals surface area contributed by atoms with Crippen molar-refractivity contribution in [3.05, 3.63) is 96.3 Å². The molecular formula is C29H23N3O4. The number of aromatic nitrogens is 3. The number of fused-ring (bicyclic) bond motifs is 2. The van der Waals surface area contributed by atoms with Gasteiger partial charge in [0.1, 0.15) is 11.3 Å². The number of hydrogen-bond acceptors (Lipinski definition) is 6. The van der Waals surface area contributed by atoms with E-state index in [1.165, 1.54) is 12.7 Å². The molecule has 0 saturated carbocycles. The molecule has 0 unspecified atom stereocenters. The molecule has 7 heteroatoms. The van der Waals surface area contributed by atoms with E-state index in [1.807, 2.05) is 36.4 Å². The van der Waals surface area contributed by atoms with Crippen LogP contribution in [0.4, 0.5) is 0 Å². The molecule has 0 bridgehead atoms. The summed E-state index contributed by atoms with van der Waals surface area (Å²) in [6.07, 6.45) is 3.46. The van der Waals surface area contributed by atoms with Gasteiger partial charge in [0.15, 0.2) is 11.3 Å². The maximum Gasteiger partial charge on any atom is 0.337 e. The Kier molecular flexibility index (Phi) is 5.58. The maximum absolute atomic E-state index is 12.1. The van der Waals surface area contributed by atoms with Gasteiger partial charge in [-0.3, -0.25) is 0 Å². The van der Waals surface area contributed by atoms with E-state index in [0.29, 0.717) is 22.8 Å². The smallest absolute Gasteiger partial charge is 0.337 e. The highest BCUT2D eigenvalue weighted by molar-refractivity contribution is 5.96. The number of imidazole rings is 1. The zero-order valence-electron chi connectivity index (χ0n) is 19.7. The van der Waals surface area contributed by atoms with Crippen LogP contribution < -0.4 is 0 Å². The molecule has 0 fully saturated rings. The molecule has 3 aromatic heterocycles. The van der Waals surface area contributed by atoms with Gasteiger partial charge in [-0.1, -0.05) is 36.4 Å². The summed E-state index contributed by atoms with van der Waals surface area (Å²) >= 11 is 0. The van der Waals surface area contributed by atoms with Crippen molar-refractivity contribution in [1.29, 1.82) is 0 Å². The number of rotatable bonds is 7. The Hall–Kier alpha value is -4.65. The van der Waals surface area contributed by atoms with Crippen LogP contribution in [0.5, 0.6) is 0 Å². The molecule has 3 heterocycles. The van der Waals surface area contributed by atoms with E-state index in [-0.39, 0.29) is 0 Å². The lowest BCUT2D eigenvalue weighted by Crippen LogP contribution is -2.03. The number of nitrogens with zero attached hydrogens (tertiary/aromatic N) is 3. The van der Waals surface area contributed by atoms with Crippen LogP contribution in [-0.2, 0) is 17.7 Å². The van der Waals surface area contributed by atoms with Crippen LogP contribution >= 0.6 is 0 Å². The van der Waals surface area contributed by atoms with Gasteiger partial charge in [-0.25, -0.2) is 14.8 Å². The highest BCUT2D eigenvalue weighted by Gasteiger charge is 2.20. The summed E-state index contributed by atoms with van der Waals surface area (Å²) in [5.74, 6) is 1.35. The molecule has 0 radical (unpaired) electrons. The molecule has 178 valence electrons. The third-order valence-corrected chi connectivity index (χ3v) is 6.25. The predicted molar refractivity (Wildman–Crippen MR) is 137 cm³/mol. The first kappa shape index (κ1) is 21.9. The van der Waals surface area contributed by atoms with Gasteiger partial charge in [0.2, 0.25) is 0 Å². The normalized spacial score (nSPS) is 11.4. The first-order valence-electron chi connectivity index (χ1n) is 11.8. The third-order valence-electron chi connectivity index (χ3n) is 6.25. The van der Waals surface area contributed by atoms with Gasteiger partial charge >= 0.3 is 5.97 Å². The Balaban J connectivity index is 1.46. The number of benzene rings is 3. The van der Waals surface area contributed by atoms with E-state index in [9.17, 15) is 4.79 Å². The van der Waals surface area contributed by atoms with Crippen LogP contribution in [0.3, 0.4) is 0 Å². The summed E-state index contributed by atoms with van der Waals surface area (Å²) in [5, 5.41) is 0. The van der Waals surface area contributed by atoms with Crippen molar-refractivity contribution in [3.8, 4) is 23.0 Å². The molecule has 3 aromatic carbocycles. The van der Waals surface area contributed by atoms with Crippen LogP contribution in [0, 0.1) is 0 Å². The van der Waals surface area contributed by atoms with Crippen molar-refractivity contribution in [2.24, 2.45) is 0 Å². The predicted octanol–water partition coefficient (Wildman–Crippen LogP) is 6.52. The number of oxazole rings is 1. The highest BCUT2D eigenvalue weighted by Crippen LogP contribution is 2.34. The molecule has 0 atom stereocenters. The SMILES string of the molecule is COC(=O)c1ccc2c(c1)nc(-c1cccc3nc(-c4ccco4)oc13)n2CCCc1ccccc1. The molecule has 7 nitrogen and oxygen atoms in total. The topological polar surface area (TPSA) is 83.3 Å². The average Bonchev–Trinajstić information content (AvgIpc) is 3.67. The Morgan fingerprint density at radius 3 is 2.64 bits per heavy atom. The number of hydrogen-bond donors (Lipinski definition) is 0. The second-order valence-corrected chi connectivity index (χ2v) is 8.52. The van der Waals surface area contributed by atoms with E-state index in [1.54, 1.807) is 24.5 Å². The fourth-order valence-corrected chi connectivity index (χ4v) is 4.52. The summed E-state index contributed by atoms with van der Waals surface area (Å²) in [4.78, 5) is 21.7. The van der Waals surface area contributed by atoms with Crippen molar-refractivity contribution < 1.29 is 18.4 Å². The van der Waals surface area contributed by atoms with E-state index >= 15 is 0 Å². The number of furan rings is 1. The summed E-state index contributed by atoms with van der Waals surface area (Å²) in [7, 11) is 1.38. The van der Waals surface area contributed by atoms with Gasteiger partial charge in [0.25, 0.3) is 5.89 Å². The number of ether oxygens (including phenoxy) is 1. The van der Waals surface area contributed by atoms with Gasteiger partial charge in [0.05, 0.1) is 35.5 Å². The van der Waals surface area contributed by atoms with E-state index < -0.39 is 5.97 Å². The number of carbonyl (C=O) groups excluding carboxylic acids is 1. The Morgan fingerprint density at radius 1 is 0.944 bits per heavy atom. The second kappa shape index (κ2) is 9.19. The monoisotopic (exact) mass is 477 g/mol. The molecule has 0 amide bonds. The lowest BCUT2D eigenvalue weighted by Gasteiger charge is -2.10. The fourth-order valence-electron chi connectivity index (χ4n) is 4.52. The lowest BCUT2D eigenvalue weighted by atomic mass is 10.1. The van der Waals surface area contributed by atoms with Crippen LogP contribution in [0.1, 0.15) is 22.3 Å². The molecular weight excluding hydrogens is 454 g/mol. The van der Waals surface area contributed by atoms with Crippen molar-refractivity contribution >= 4 is 28.1 Å². The minimum absolute atomic E-state index is 0.391. The zero-order chi connectivity index (χ0) is 24.5. The first-order valence-corrected chi connectivity index (χ1v) is 11.8. The molecule has 0 saturated heterocycles. The van der Waals surface area contributed by atoms with Crippen molar-refractivity contribution in [3.63, 3.8) is 0 Å². The number of methoxy groups -OCH3 is 1. The second-order valence-electron chi connectivity index (χ2n) is 8.52. The molecule has 6 aromatic rings. The standard InChI is InChI=1S/C29H23N3O4/c1-34-29(33)20-14-15-24-23(18-20)30-27(32(24)16-6-10-19-8-3-2-4-9-19)21-11-5-12-22-26(21)36-28(31-22)25-13-7-17-35-25/h2-5,7-9,11-15,17-18H,6,10,16H2,1H3. The quantitative estimate of drug-likeness (QED) is 0.243. The molecule has 36 heavy (non-hydrogen) atoms. The highest BCUT2D eigenvalue weighted by atomic mass is 16.5. The molecule has 0 aliphatic carbocycles. The minimum Gasteiger partial charge on any atom is -0.465 e. The van der Waals surface area contributed by atoms with Crippen molar-refractivity contribution in [2.75, 3.05) is 7.11 Å². The van der Waals surface area contributed by atoms with E-state index in [0.717, 1.165) is 47.3 Å². The van der Waals surface area contributed by atoms with Crippen LogP contribution in [0.2, 0.25) is 0 Å². The number of aryl methyl sites for hydroxylation is 2. The Labute approximate surface area is 207 Å². The first-order chi connectivity index (χ1) is 17.7. The van der Waals surface area contributed by atoms with Crippen molar-refractivity contribution in [2.45, 2.75) is 19.4 Å². The van der Waals surface area contributed by atoms with Gasteiger partial charge in [-0.05, 0) is 60.9 Å². The van der Waals surface area contributed by atoms with Gasteiger partial charge in [0, 0.05) is 6.54 Å². The molecule has 6 rings (SSSR count). The number of para-hydroxylation sites is 1. The van der Waals surface area contributed by atoms with Crippen LogP contribution in [0.15, 0.2) is 94.0 Å². The van der Waals surface area contributed by atoms with Crippen LogP contribution in [-0.4, -0.2) is 27.6 Å². The molecule has 0 aliphatic rings. The lowest BCUT2D eigenvalue weighted by molar-refractivity contribution is 0.0601. The Bertz CT molecular complexity index is 1660. The molecule has 0 aliphatic heterocycles. The van der Waals surface area contributed by atoms with E-state index in [2.05, 4.69) is 33.8 Å². The summed E-state index contributed by atoms with van der Waals surface area (Å²) in [5.41, 5.74) is 5.59.